The highest BCUT2D eigenvalue weighted by molar-refractivity contribution is 5.79. The van der Waals surface area contributed by atoms with E-state index in [9.17, 15) is 0 Å². The molecular formula is C14H14N4O2. The topological polar surface area (TPSA) is 72.9 Å². The molecule has 0 saturated carbocycles. The number of nitrogens with one attached hydrogen (secondary N) is 1. The smallest absolute Gasteiger partial charge is 0.142 e. The monoisotopic (exact) mass is 270 g/mol. The van der Waals surface area contributed by atoms with E-state index in [0.29, 0.717) is 12.4 Å². The van der Waals surface area contributed by atoms with Crippen molar-refractivity contribution in [3.63, 3.8) is 0 Å². The van der Waals surface area contributed by atoms with E-state index in [1.807, 2.05) is 25.1 Å². The predicted molar refractivity (Wildman–Crippen MR) is 74.8 cm³/mol. The summed E-state index contributed by atoms with van der Waals surface area (Å²) >= 11 is 0. The van der Waals surface area contributed by atoms with Gasteiger partial charge in [-0.1, -0.05) is 0 Å². The van der Waals surface area contributed by atoms with Crippen molar-refractivity contribution in [1.82, 2.24) is 20.2 Å². The lowest BCUT2D eigenvalue weighted by Crippen LogP contribution is -1.94. The minimum atomic E-state index is 0.616. The third kappa shape index (κ3) is 2.16. The largest absolute Gasteiger partial charge is 0.496 e. The van der Waals surface area contributed by atoms with Crippen LogP contribution in [-0.2, 0) is 0 Å². The maximum atomic E-state index is 5.47. The number of methoxy groups -OCH3 is 1. The van der Waals surface area contributed by atoms with Gasteiger partial charge in [0.05, 0.1) is 37.2 Å². The number of aromatic nitrogens is 4. The van der Waals surface area contributed by atoms with Crippen LogP contribution in [0.3, 0.4) is 0 Å². The molecule has 0 aliphatic carbocycles. The van der Waals surface area contributed by atoms with Gasteiger partial charge < -0.3 is 14.5 Å². The maximum absolute atomic E-state index is 5.47. The summed E-state index contributed by atoms with van der Waals surface area (Å²) in [4.78, 5) is 7.69. The average Bonchev–Trinajstić information content (AvgIpc) is 2.91. The molecule has 0 saturated heterocycles. The zero-order valence-corrected chi connectivity index (χ0v) is 11.3. The van der Waals surface area contributed by atoms with Crippen LogP contribution in [-0.4, -0.2) is 33.9 Å². The number of H-pyrrole nitrogens is 1. The molecule has 0 unspecified atom stereocenters. The predicted octanol–water partition coefficient (Wildman–Crippen LogP) is 2.43. The number of rotatable bonds is 4. The molecule has 1 aromatic carbocycles. The van der Waals surface area contributed by atoms with E-state index < -0.39 is 0 Å². The first-order chi connectivity index (χ1) is 9.81. The zero-order chi connectivity index (χ0) is 13.9. The van der Waals surface area contributed by atoms with Crippen LogP contribution in [0.2, 0.25) is 0 Å². The van der Waals surface area contributed by atoms with Crippen LogP contribution in [0.5, 0.6) is 11.5 Å². The summed E-state index contributed by atoms with van der Waals surface area (Å²) in [5, 5.41) is 7.65. The molecule has 6 nitrogen and oxygen atoms in total. The SMILES string of the molecule is CCOc1ccc(-c2nc3cnncc3[nH]2)c(OC)c1. The van der Waals surface area contributed by atoms with Crippen molar-refractivity contribution in [2.24, 2.45) is 0 Å². The molecule has 20 heavy (non-hydrogen) atoms. The molecular weight excluding hydrogens is 256 g/mol. The Labute approximate surface area is 115 Å². The van der Waals surface area contributed by atoms with E-state index in [1.54, 1.807) is 19.5 Å². The van der Waals surface area contributed by atoms with Crippen LogP contribution in [0, 0.1) is 0 Å². The molecule has 0 atom stereocenters. The van der Waals surface area contributed by atoms with Gasteiger partial charge in [-0.2, -0.15) is 10.2 Å². The van der Waals surface area contributed by atoms with E-state index in [2.05, 4.69) is 20.2 Å². The van der Waals surface area contributed by atoms with Crippen molar-refractivity contribution in [2.45, 2.75) is 6.92 Å². The van der Waals surface area contributed by atoms with Crippen molar-refractivity contribution >= 4 is 11.0 Å². The summed E-state index contributed by atoms with van der Waals surface area (Å²) in [5.41, 5.74) is 2.48. The van der Waals surface area contributed by atoms with Crippen molar-refractivity contribution in [2.75, 3.05) is 13.7 Å². The standard InChI is InChI=1S/C14H14N4O2/c1-3-20-9-4-5-10(13(6-9)19-2)14-17-11-7-15-16-8-12(11)18-14/h4-8H,3H2,1-2H3,(H,17,18). The first-order valence-electron chi connectivity index (χ1n) is 6.29. The fourth-order valence-corrected chi connectivity index (χ4v) is 2.03. The molecule has 6 heteroatoms. The Morgan fingerprint density at radius 2 is 2.05 bits per heavy atom. The number of ether oxygens (including phenoxy) is 2. The Bertz CT molecular complexity index is 706. The van der Waals surface area contributed by atoms with Crippen LogP contribution in [0.25, 0.3) is 22.4 Å². The highest BCUT2D eigenvalue weighted by atomic mass is 16.5. The average molecular weight is 270 g/mol. The first-order valence-corrected chi connectivity index (χ1v) is 6.29. The summed E-state index contributed by atoms with van der Waals surface area (Å²) < 4.78 is 10.9. The third-order valence-corrected chi connectivity index (χ3v) is 2.93. The molecule has 0 spiro atoms. The number of hydrogen-bond acceptors (Lipinski definition) is 5. The molecule has 0 fully saturated rings. The summed E-state index contributed by atoms with van der Waals surface area (Å²) in [6, 6.07) is 5.66. The van der Waals surface area contributed by atoms with Gasteiger partial charge in [0.2, 0.25) is 0 Å². The van der Waals surface area contributed by atoms with Crippen molar-refractivity contribution in [1.29, 1.82) is 0 Å². The van der Waals surface area contributed by atoms with Gasteiger partial charge in [-0.15, -0.1) is 0 Å². The molecule has 2 heterocycles. The molecule has 0 bridgehead atoms. The van der Waals surface area contributed by atoms with Gasteiger partial charge in [0.15, 0.2) is 0 Å². The van der Waals surface area contributed by atoms with Crippen LogP contribution < -0.4 is 9.47 Å². The summed E-state index contributed by atoms with van der Waals surface area (Å²) in [6.45, 7) is 2.56. The number of benzene rings is 1. The van der Waals surface area contributed by atoms with Gasteiger partial charge in [-0.05, 0) is 19.1 Å². The normalized spacial score (nSPS) is 10.7. The lowest BCUT2D eigenvalue weighted by Gasteiger charge is -2.09. The van der Waals surface area contributed by atoms with Crippen LogP contribution >= 0.6 is 0 Å². The Balaban J connectivity index is 2.08. The Morgan fingerprint density at radius 1 is 1.20 bits per heavy atom. The molecule has 3 aromatic rings. The first kappa shape index (κ1) is 12.4. The minimum Gasteiger partial charge on any atom is -0.496 e. The highest BCUT2D eigenvalue weighted by Crippen LogP contribution is 2.32. The van der Waals surface area contributed by atoms with Crippen molar-refractivity contribution in [3.05, 3.63) is 30.6 Å². The summed E-state index contributed by atoms with van der Waals surface area (Å²) in [7, 11) is 1.63. The lowest BCUT2D eigenvalue weighted by molar-refractivity contribution is 0.336. The quantitative estimate of drug-likeness (QED) is 0.788. The third-order valence-electron chi connectivity index (χ3n) is 2.93. The Morgan fingerprint density at radius 3 is 2.80 bits per heavy atom. The Kier molecular flexibility index (Phi) is 3.20. The second kappa shape index (κ2) is 5.16. The highest BCUT2D eigenvalue weighted by Gasteiger charge is 2.12. The number of nitrogens with zero attached hydrogens (tertiary/aromatic N) is 3. The van der Waals surface area contributed by atoms with Crippen LogP contribution in [0.4, 0.5) is 0 Å². The minimum absolute atomic E-state index is 0.616. The number of aromatic amines is 1. The van der Waals surface area contributed by atoms with Crippen LogP contribution in [0.1, 0.15) is 6.92 Å². The fraction of sp³-hybridized carbons (Fsp3) is 0.214. The van der Waals surface area contributed by atoms with Gasteiger partial charge in [-0.25, -0.2) is 4.98 Å². The van der Waals surface area contributed by atoms with E-state index in [-0.39, 0.29) is 0 Å². The number of hydrogen-bond donors (Lipinski definition) is 1. The van der Waals surface area contributed by atoms with Gasteiger partial charge in [0.1, 0.15) is 22.8 Å². The Hall–Kier alpha value is -2.63. The van der Waals surface area contributed by atoms with Crippen LogP contribution in [0.15, 0.2) is 30.6 Å². The molecule has 2 aromatic heterocycles. The van der Waals surface area contributed by atoms with Crippen molar-refractivity contribution in [3.8, 4) is 22.9 Å². The zero-order valence-electron chi connectivity index (χ0n) is 11.3. The number of imidazole rings is 1. The van der Waals surface area contributed by atoms with E-state index in [0.717, 1.165) is 28.2 Å². The molecule has 0 amide bonds. The van der Waals surface area contributed by atoms with E-state index >= 15 is 0 Å². The van der Waals surface area contributed by atoms with E-state index in [1.165, 1.54) is 0 Å². The van der Waals surface area contributed by atoms with Gasteiger partial charge >= 0.3 is 0 Å². The second-order valence-electron chi connectivity index (χ2n) is 4.17. The lowest BCUT2D eigenvalue weighted by atomic mass is 10.2. The molecule has 3 rings (SSSR count). The molecule has 0 aliphatic rings. The molecule has 0 radical (unpaired) electrons. The number of fused-ring (bicyclic) bond motifs is 1. The second-order valence-corrected chi connectivity index (χ2v) is 4.17. The summed E-state index contributed by atoms with van der Waals surface area (Å²) in [5.74, 6) is 2.19. The van der Waals surface area contributed by atoms with Gasteiger partial charge in [0, 0.05) is 6.07 Å². The molecule has 102 valence electrons. The van der Waals surface area contributed by atoms with Gasteiger partial charge in [0.25, 0.3) is 0 Å². The summed E-state index contributed by atoms with van der Waals surface area (Å²) in [6.07, 6.45) is 3.27. The van der Waals surface area contributed by atoms with Crippen molar-refractivity contribution < 1.29 is 9.47 Å². The van der Waals surface area contributed by atoms with Gasteiger partial charge in [-0.3, -0.25) is 0 Å². The maximum Gasteiger partial charge on any atom is 0.142 e. The van der Waals surface area contributed by atoms with E-state index in [4.69, 9.17) is 9.47 Å². The molecule has 0 aliphatic heterocycles. The molecule has 1 N–H and O–H groups in total. The fourth-order valence-electron chi connectivity index (χ4n) is 2.03.